The van der Waals surface area contributed by atoms with Gasteiger partial charge in [0, 0.05) is 5.69 Å². The molecule has 3 aromatic rings. The van der Waals surface area contributed by atoms with Crippen LogP contribution in [0.1, 0.15) is 16.1 Å². The molecule has 3 rings (SSSR count). The summed E-state index contributed by atoms with van der Waals surface area (Å²) in [5, 5.41) is 15.7. The minimum atomic E-state index is -0.368. The number of para-hydroxylation sites is 1. The van der Waals surface area contributed by atoms with Crippen molar-refractivity contribution < 1.29 is 4.79 Å². The van der Waals surface area contributed by atoms with Crippen LogP contribution in [0.2, 0.25) is 10.0 Å². The Morgan fingerprint density at radius 2 is 1.77 bits per heavy atom. The lowest BCUT2D eigenvalue weighted by atomic mass is 10.2. The van der Waals surface area contributed by atoms with Crippen LogP contribution < -0.4 is 10.6 Å². The third kappa shape index (κ3) is 4.12. The lowest BCUT2D eigenvalue weighted by Crippen LogP contribution is -2.13. The van der Waals surface area contributed by atoms with Crippen LogP contribution in [0.25, 0.3) is 0 Å². The second-order valence-electron chi connectivity index (χ2n) is 5.30. The summed E-state index contributed by atoms with van der Waals surface area (Å²) in [6.45, 7) is 0. The molecule has 0 fully saturated rings. The number of carbonyl (C=O) groups is 1. The highest BCUT2D eigenvalue weighted by atomic mass is 35.5. The Labute approximate surface area is 160 Å². The van der Waals surface area contributed by atoms with Gasteiger partial charge in [0.1, 0.15) is 11.8 Å². The molecule has 0 aliphatic carbocycles. The van der Waals surface area contributed by atoms with E-state index in [0.29, 0.717) is 32.7 Å². The summed E-state index contributed by atoms with van der Waals surface area (Å²) < 4.78 is 0. The number of aromatic nitrogens is 1. The number of anilines is 3. The van der Waals surface area contributed by atoms with Crippen LogP contribution in [-0.4, -0.2) is 10.9 Å². The number of halogens is 2. The van der Waals surface area contributed by atoms with Crippen LogP contribution >= 0.6 is 23.2 Å². The Kier molecular flexibility index (Phi) is 5.37. The second-order valence-corrected chi connectivity index (χ2v) is 6.11. The standard InChI is InChI=1S/C19H12Cl2N4O/c20-15-7-5-13(9-16(15)21)25-19(26)18-8-6-14(11-23-18)24-17-4-2-1-3-12(17)10-22/h1-9,11,24H,(H,25,26). The molecule has 0 spiro atoms. The SMILES string of the molecule is N#Cc1ccccc1Nc1ccc(C(=O)Nc2ccc(Cl)c(Cl)c2)nc1. The maximum Gasteiger partial charge on any atom is 0.274 e. The summed E-state index contributed by atoms with van der Waals surface area (Å²) in [7, 11) is 0. The summed E-state index contributed by atoms with van der Waals surface area (Å²) in [6.07, 6.45) is 1.53. The molecule has 2 aromatic carbocycles. The maximum atomic E-state index is 12.3. The maximum absolute atomic E-state index is 12.3. The van der Waals surface area contributed by atoms with Gasteiger partial charge in [-0.25, -0.2) is 4.98 Å². The molecule has 0 aliphatic rings. The summed E-state index contributed by atoms with van der Waals surface area (Å²) in [6, 6.07) is 17.4. The highest BCUT2D eigenvalue weighted by Gasteiger charge is 2.09. The minimum Gasteiger partial charge on any atom is -0.353 e. The third-order valence-electron chi connectivity index (χ3n) is 3.50. The second kappa shape index (κ2) is 7.87. The molecule has 5 nitrogen and oxygen atoms in total. The number of rotatable bonds is 4. The molecule has 0 saturated heterocycles. The molecular formula is C19H12Cl2N4O. The fraction of sp³-hybridized carbons (Fsp3) is 0. The van der Waals surface area contributed by atoms with E-state index in [1.165, 1.54) is 6.20 Å². The molecule has 1 heterocycles. The van der Waals surface area contributed by atoms with Crippen LogP contribution in [0, 0.1) is 11.3 Å². The van der Waals surface area contributed by atoms with Crippen molar-refractivity contribution in [2.75, 3.05) is 10.6 Å². The zero-order chi connectivity index (χ0) is 18.5. The molecule has 26 heavy (non-hydrogen) atoms. The van der Waals surface area contributed by atoms with Gasteiger partial charge in [-0.1, -0.05) is 35.3 Å². The van der Waals surface area contributed by atoms with Gasteiger partial charge >= 0.3 is 0 Å². The number of nitrogens with zero attached hydrogens (tertiary/aromatic N) is 2. The van der Waals surface area contributed by atoms with Crippen molar-refractivity contribution in [1.29, 1.82) is 5.26 Å². The van der Waals surface area contributed by atoms with E-state index >= 15 is 0 Å². The van der Waals surface area contributed by atoms with Gasteiger partial charge in [0.2, 0.25) is 0 Å². The molecular weight excluding hydrogens is 371 g/mol. The van der Waals surface area contributed by atoms with Crippen molar-refractivity contribution >= 4 is 46.2 Å². The topological polar surface area (TPSA) is 77.8 Å². The third-order valence-corrected chi connectivity index (χ3v) is 4.24. The largest absolute Gasteiger partial charge is 0.353 e. The fourth-order valence-electron chi connectivity index (χ4n) is 2.22. The molecule has 0 unspecified atom stereocenters. The molecule has 0 radical (unpaired) electrons. The number of nitriles is 1. The normalized spacial score (nSPS) is 10.0. The molecule has 0 saturated carbocycles. The van der Waals surface area contributed by atoms with Crippen molar-refractivity contribution in [1.82, 2.24) is 4.98 Å². The van der Waals surface area contributed by atoms with Gasteiger partial charge in [-0.15, -0.1) is 0 Å². The Morgan fingerprint density at radius 3 is 2.46 bits per heavy atom. The van der Waals surface area contributed by atoms with Crippen LogP contribution in [-0.2, 0) is 0 Å². The number of amides is 1. The first-order valence-corrected chi connectivity index (χ1v) is 8.31. The van der Waals surface area contributed by atoms with Gasteiger partial charge < -0.3 is 10.6 Å². The highest BCUT2D eigenvalue weighted by molar-refractivity contribution is 6.42. The van der Waals surface area contributed by atoms with E-state index in [1.807, 2.05) is 6.07 Å². The smallest absolute Gasteiger partial charge is 0.274 e. The van der Waals surface area contributed by atoms with E-state index in [2.05, 4.69) is 21.7 Å². The molecule has 0 bridgehead atoms. The van der Waals surface area contributed by atoms with Crippen LogP contribution in [0.5, 0.6) is 0 Å². The van der Waals surface area contributed by atoms with Crippen LogP contribution in [0.3, 0.4) is 0 Å². The number of hydrogen-bond donors (Lipinski definition) is 2. The minimum absolute atomic E-state index is 0.246. The van der Waals surface area contributed by atoms with Gasteiger partial charge in [0.25, 0.3) is 5.91 Å². The van der Waals surface area contributed by atoms with E-state index in [9.17, 15) is 4.79 Å². The summed E-state index contributed by atoms with van der Waals surface area (Å²) in [5.41, 5.74) is 2.63. The van der Waals surface area contributed by atoms with Gasteiger partial charge in [0.05, 0.1) is 33.2 Å². The lowest BCUT2D eigenvalue weighted by Gasteiger charge is -2.09. The molecule has 128 valence electrons. The first-order valence-electron chi connectivity index (χ1n) is 7.55. The number of benzene rings is 2. The predicted molar refractivity (Wildman–Crippen MR) is 103 cm³/mol. The van der Waals surface area contributed by atoms with Gasteiger partial charge in [-0.2, -0.15) is 5.26 Å². The van der Waals surface area contributed by atoms with Crippen molar-refractivity contribution in [3.8, 4) is 6.07 Å². The zero-order valence-corrected chi connectivity index (χ0v) is 14.8. The van der Waals surface area contributed by atoms with E-state index in [-0.39, 0.29) is 11.6 Å². The lowest BCUT2D eigenvalue weighted by molar-refractivity contribution is 0.102. The summed E-state index contributed by atoms with van der Waals surface area (Å²) in [4.78, 5) is 16.4. The molecule has 1 amide bonds. The molecule has 0 aliphatic heterocycles. The van der Waals surface area contributed by atoms with Crippen LogP contribution in [0.15, 0.2) is 60.8 Å². The monoisotopic (exact) mass is 382 g/mol. The average molecular weight is 383 g/mol. The van der Waals surface area contributed by atoms with Crippen molar-refractivity contribution in [3.05, 3.63) is 82.1 Å². The summed E-state index contributed by atoms with van der Waals surface area (Å²) >= 11 is 11.8. The number of nitrogens with one attached hydrogen (secondary N) is 2. The number of hydrogen-bond acceptors (Lipinski definition) is 4. The van der Waals surface area contributed by atoms with Crippen molar-refractivity contribution in [2.45, 2.75) is 0 Å². The highest BCUT2D eigenvalue weighted by Crippen LogP contribution is 2.25. The van der Waals surface area contributed by atoms with Crippen LogP contribution in [0.4, 0.5) is 17.1 Å². The predicted octanol–water partition coefficient (Wildman–Crippen LogP) is 5.26. The van der Waals surface area contributed by atoms with Gasteiger partial charge in [-0.05, 0) is 42.5 Å². The van der Waals surface area contributed by atoms with Crippen molar-refractivity contribution in [3.63, 3.8) is 0 Å². The number of carbonyl (C=O) groups excluding carboxylic acids is 1. The molecule has 1 aromatic heterocycles. The van der Waals surface area contributed by atoms with Gasteiger partial charge in [0.15, 0.2) is 0 Å². The molecule has 2 N–H and O–H groups in total. The number of pyridine rings is 1. The van der Waals surface area contributed by atoms with E-state index < -0.39 is 0 Å². The Morgan fingerprint density at radius 1 is 1.00 bits per heavy atom. The Bertz CT molecular complexity index is 997. The first-order chi connectivity index (χ1) is 12.6. The quantitative estimate of drug-likeness (QED) is 0.645. The molecule has 0 atom stereocenters. The van der Waals surface area contributed by atoms with E-state index in [0.717, 1.165) is 0 Å². The fourth-order valence-corrected chi connectivity index (χ4v) is 2.51. The zero-order valence-electron chi connectivity index (χ0n) is 13.3. The summed E-state index contributed by atoms with van der Waals surface area (Å²) in [5.74, 6) is -0.368. The first kappa shape index (κ1) is 17.7. The Balaban J connectivity index is 1.71. The molecule has 7 heteroatoms. The van der Waals surface area contributed by atoms with Gasteiger partial charge in [-0.3, -0.25) is 4.79 Å². The Hall–Kier alpha value is -3.07. The van der Waals surface area contributed by atoms with E-state index in [4.69, 9.17) is 28.5 Å². The average Bonchev–Trinajstić information content (AvgIpc) is 2.66. The van der Waals surface area contributed by atoms with E-state index in [1.54, 1.807) is 48.5 Å². The van der Waals surface area contributed by atoms with Crippen molar-refractivity contribution in [2.24, 2.45) is 0 Å².